The Hall–Kier alpha value is -1.46. The minimum Gasteiger partial charge on any atom is -0.387 e. The van der Waals surface area contributed by atoms with Crippen molar-refractivity contribution in [2.75, 3.05) is 13.1 Å². The Bertz CT molecular complexity index is 481. The predicted molar refractivity (Wildman–Crippen MR) is 74.3 cm³/mol. The third-order valence-electron chi connectivity index (χ3n) is 4.09. The monoisotopic (exact) mass is 280 g/mol. The molecule has 3 unspecified atom stereocenters. The quantitative estimate of drug-likeness (QED) is 0.877. The number of β-amino-alcohol motifs (C(OH)–C–C–N with tert-alkyl or cyclic N) is 1. The van der Waals surface area contributed by atoms with Gasteiger partial charge in [0.05, 0.1) is 12.0 Å². The first kappa shape index (κ1) is 14.9. The number of aliphatic hydroxyl groups excluding tert-OH is 1. The van der Waals surface area contributed by atoms with Gasteiger partial charge in [0.25, 0.3) is 0 Å². The summed E-state index contributed by atoms with van der Waals surface area (Å²) in [7, 11) is 0. The molecule has 0 aliphatic carbocycles. The molecule has 1 aromatic carbocycles. The molecule has 1 fully saturated rings. The number of nitrogens with zero attached hydrogens (tertiary/aromatic N) is 1. The number of primary amides is 1. The fourth-order valence-corrected chi connectivity index (χ4v) is 2.73. The molecule has 3 atom stereocenters. The number of hydrogen-bond donors (Lipinski definition) is 2. The van der Waals surface area contributed by atoms with E-state index < -0.39 is 11.9 Å². The van der Waals surface area contributed by atoms with Crippen LogP contribution in [0.3, 0.4) is 0 Å². The second-order valence-corrected chi connectivity index (χ2v) is 5.52. The number of benzene rings is 1. The number of carbonyl (C=O) groups excluding carboxylic acids is 1. The van der Waals surface area contributed by atoms with Crippen LogP contribution < -0.4 is 5.73 Å². The molecule has 1 heterocycles. The van der Waals surface area contributed by atoms with E-state index in [1.54, 1.807) is 18.2 Å². The summed E-state index contributed by atoms with van der Waals surface area (Å²) < 4.78 is 13.6. The number of amides is 1. The summed E-state index contributed by atoms with van der Waals surface area (Å²) in [5, 5.41) is 10.2. The van der Waals surface area contributed by atoms with Crippen LogP contribution in [-0.4, -0.2) is 35.0 Å². The lowest BCUT2D eigenvalue weighted by molar-refractivity contribution is -0.124. The molecule has 20 heavy (non-hydrogen) atoms. The first-order valence-corrected chi connectivity index (χ1v) is 6.95. The first-order chi connectivity index (χ1) is 9.49. The summed E-state index contributed by atoms with van der Waals surface area (Å²) in [6.07, 6.45) is 0.741. The summed E-state index contributed by atoms with van der Waals surface area (Å²) in [6.45, 7) is 2.89. The van der Waals surface area contributed by atoms with Crippen LogP contribution in [0.2, 0.25) is 0 Å². The number of aliphatic hydroxyl groups is 1. The molecular formula is C15H21FN2O2. The molecule has 2 rings (SSSR count). The Kier molecular flexibility index (Phi) is 4.73. The zero-order chi connectivity index (χ0) is 14.7. The predicted octanol–water partition coefficient (Wildman–Crippen LogP) is 1.44. The Balaban J connectivity index is 2.04. The highest BCUT2D eigenvalue weighted by Crippen LogP contribution is 2.25. The average Bonchev–Trinajstić information content (AvgIpc) is 2.41. The fraction of sp³-hybridized carbons (Fsp3) is 0.533. The number of rotatable bonds is 4. The van der Waals surface area contributed by atoms with Gasteiger partial charge in [0.1, 0.15) is 5.82 Å². The minimum absolute atomic E-state index is 0.181. The molecule has 1 aliphatic heterocycles. The van der Waals surface area contributed by atoms with E-state index in [1.165, 1.54) is 6.07 Å². The second kappa shape index (κ2) is 6.33. The molecular weight excluding hydrogens is 259 g/mol. The third-order valence-corrected chi connectivity index (χ3v) is 4.09. The van der Waals surface area contributed by atoms with E-state index in [2.05, 4.69) is 0 Å². The van der Waals surface area contributed by atoms with Gasteiger partial charge in [-0.1, -0.05) is 18.2 Å². The number of carbonyl (C=O) groups is 1. The van der Waals surface area contributed by atoms with Crippen molar-refractivity contribution in [1.82, 2.24) is 4.90 Å². The van der Waals surface area contributed by atoms with Gasteiger partial charge in [0.15, 0.2) is 0 Å². The SMILES string of the molecule is CC1CCC(C(N)=O)CN1CC(O)c1ccccc1F. The van der Waals surface area contributed by atoms with E-state index in [1.807, 2.05) is 11.8 Å². The minimum atomic E-state index is -0.898. The van der Waals surface area contributed by atoms with Gasteiger partial charge in [0, 0.05) is 24.7 Å². The van der Waals surface area contributed by atoms with Crippen molar-refractivity contribution < 1.29 is 14.3 Å². The number of hydrogen-bond acceptors (Lipinski definition) is 3. The highest BCUT2D eigenvalue weighted by Gasteiger charge is 2.30. The molecule has 3 N–H and O–H groups in total. The van der Waals surface area contributed by atoms with E-state index in [0.29, 0.717) is 18.7 Å². The summed E-state index contributed by atoms with van der Waals surface area (Å²) in [5.74, 6) is -0.891. The molecule has 0 radical (unpaired) electrons. The standard InChI is InChI=1S/C15H21FN2O2/c1-10-6-7-11(15(17)20)8-18(10)9-14(19)12-4-2-3-5-13(12)16/h2-5,10-11,14,19H,6-9H2,1H3,(H2,17,20). The topological polar surface area (TPSA) is 66.6 Å². The van der Waals surface area contributed by atoms with Crippen molar-refractivity contribution in [3.05, 3.63) is 35.6 Å². The zero-order valence-corrected chi connectivity index (χ0v) is 11.6. The maximum absolute atomic E-state index is 13.6. The van der Waals surface area contributed by atoms with Crippen LogP contribution in [-0.2, 0) is 4.79 Å². The van der Waals surface area contributed by atoms with Gasteiger partial charge in [0.2, 0.25) is 5.91 Å². The zero-order valence-electron chi connectivity index (χ0n) is 11.6. The average molecular weight is 280 g/mol. The second-order valence-electron chi connectivity index (χ2n) is 5.52. The highest BCUT2D eigenvalue weighted by molar-refractivity contribution is 5.76. The summed E-state index contributed by atoms with van der Waals surface area (Å²) in [5.41, 5.74) is 5.65. The van der Waals surface area contributed by atoms with E-state index in [0.717, 1.165) is 12.8 Å². The lowest BCUT2D eigenvalue weighted by Gasteiger charge is -2.38. The Morgan fingerprint density at radius 2 is 2.20 bits per heavy atom. The number of piperidine rings is 1. The summed E-state index contributed by atoms with van der Waals surface area (Å²) in [4.78, 5) is 13.3. The van der Waals surface area contributed by atoms with Gasteiger partial charge in [-0.2, -0.15) is 0 Å². The van der Waals surface area contributed by atoms with Crippen LogP contribution in [0.15, 0.2) is 24.3 Å². The van der Waals surface area contributed by atoms with Gasteiger partial charge in [-0.25, -0.2) is 4.39 Å². The molecule has 1 amide bonds. The van der Waals surface area contributed by atoms with Gasteiger partial charge < -0.3 is 10.8 Å². The number of likely N-dealkylation sites (tertiary alicyclic amines) is 1. The van der Waals surface area contributed by atoms with Gasteiger partial charge >= 0.3 is 0 Å². The highest BCUT2D eigenvalue weighted by atomic mass is 19.1. The maximum atomic E-state index is 13.6. The van der Waals surface area contributed by atoms with E-state index in [4.69, 9.17) is 5.73 Å². The largest absolute Gasteiger partial charge is 0.387 e. The van der Waals surface area contributed by atoms with Gasteiger partial charge in [-0.05, 0) is 25.8 Å². The molecule has 0 bridgehead atoms. The van der Waals surface area contributed by atoms with Crippen molar-refractivity contribution in [1.29, 1.82) is 0 Å². The van der Waals surface area contributed by atoms with Gasteiger partial charge in [-0.3, -0.25) is 9.69 Å². The lowest BCUT2D eigenvalue weighted by Crippen LogP contribution is -2.47. The molecule has 0 saturated carbocycles. The maximum Gasteiger partial charge on any atom is 0.221 e. The number of nitrogens with two attached hydrogens (primary N) is 1. The van der Waals surface area contributed by atoms with Crippen molar-refractivity contribution in [3.8, 4) is 0 Å². The molecule has 5 heteroatoms. The molecule has 1 saturated heterocycles. The molecule has 0 spiro atoms. The first-order valence-electron chi connectivity index (χ1n) is 6.95. The van der Waals surface area contributed by atoms with Crippen molar-refractivity contribution in [2.45, 2.75) is 31.9 Å². The Labute approximate surface area is 118 Å². The van der Waals surface area contributed by atoms with Crippen LogP contribution >= 0.6 is 0 Å². The van der Waals surface area contributed by atoms with E-state index >= 15 is 0 Å². The normalized spacial score (nSPS) is 25.4. The van der Waals surface area contributed by atoms with Crippen molar-refractivity contribution >= 4 is 5.91 Å². The molecule has 1 aromatic rings. The smallest absolute Gasteiger partial charge is 0.221 e. The lowest BCUT2D eigenvalue weighted by atomic mass is 9.92. The summed E-state index contributed by atoms with van der Waals surface area (Å²) >= 11 is 0. The fourth-order valence-electron chi connectivity index (χ4n) is 2.73. The van der Waals surface area contributed by atoms with Crippen LogP contribution in [0.4, 0.5) is 4.39 Å². The van der Waals surface area contributed by atoms with Gasteiger partial charge in [-0.15, -0.1) is 0 Å². The van der Waals surface area contributed by atoms with Crippen molar-refractivity contribution in [2.24, 2.45) is 11.7 Å². The van der Waals surface area contributed by atoms with Crippen LogP contribution in [0.1, 0.15) is 31.4 Å². The summed E-state index contributed by atoms with van der Waals surface area (Å²) in [6, 6.07) is 6.48. The Morgan fingerprint density at radius 3 is 2.85 bits per heavy atom. The van der Waals surface area contributed by atoms with E-state index in [-0.39, 0.29) is 17.9 Å². The van der Waals surface area contributed by atoms with Crippen LogP contribution in [0.25, 0.3) is 0 Å². The Morgan fingerprint density at radius 1 is 1.50 bits per heavy atom. The third kappa shape index (κ3) is 3.35. The molecule has 110 valence electrons. The molecule has 0 aromatic heterocycles. The molecule has 1 aliphatic rings. The van der Waals surface area contributed by atoms with Crippen LogP contribution in [0, 0.1) is 11.7 Å². The van der Waals surface area contributed by atoms with Crippen molar-refractivity contribution in [3.63, 3.8) is 0 Å². The molecule has 4 nitrogen and oxygen atoms in total. The van der Waals surface area contributed by atoms with Crippen LogP contribution in [0.5, 0.6) is 0 Å². The number of halogens is 1. The van der Waals surface area contributed by atoms with E-state index in [9.17, 15) is 14.3 Å².